The summed E-state index contributed by atoms with van der Waals surface area (Å²) in [5, 5.41) is 9.42. The maximum Gasteiger partial charge on any atom is 0.0752 e. The predicted molar refractivity (Wildman–Crippen MR) is 42.7 cm³/mol. The third kappa shape index (κ3) is 1.40. The van der Waals surface area contributed by atoms with Crippen molar-refractivity contribution in [1.82, 2.24) is 0 Å². The highest BCUT2D eigenvalue weighted by Crippen LogP contribution is 2.31. The van der Waals surface area contributed by atoms with Crippen LogP contribution >= 0.6 is 0 Å². The fraction of sp³-hybridized carbons (Fsp3) is 0.778. The van der Waals surface area contributed by atoms with Gasteiger partial charge < -0.3 is 5.11 Å². The van der Waals surface area contributed by atoms with E-state index in [4.69, 9.17) is 0 Å². The normalized spacial score (nSPS) is 41.9. The minimum absolute atomic E-state index is 0.237. The molecule has 1 heteroatoms. The van der Waals surface area contributed by atoms with Crippen LogP contribution in [0.1, 0.15) is 26.7 Å². The minimum atomic E-state index is -0.237. The van der Waals surface area contributed by atoms with Crippen molar-refractivity contribution in [1.29, 1.82) is 0 Å². The molecule has 0 saturated heterocycles. The average Bonchev–Trinajstić information content (AvgIpc) is 1.82. The molecule has 0 aliphatic heterocycles. The van der Waals surface area contributed by atoms with Crippen molar-refractivity contribution in [2.24, 2.45) is 11.8 Å². The first-order valence-corrected chi connectivity index (χ1v) is 3.98. The van der Waals surface area contributed by atoms with Gasteiger partial charge in [-0.15, -0.1) is 0 Å². The molecule has 10 heavy (non-hydrogen) atoms. The lowest BCUT2D eigenvalue weighted by Gasteiger charge is -2.30. The van der Waals surface area contributed by atoms with E-state index in [9.17, 15) is 5.11 Å². The van der Waals surface area contributed by atoms with Gasteiger partial charge in [-0.2, -0.15) is 0 Å². The van der Waals surface area contributed by atoms with Gasteiger partial charge in [0.15, 0.2) is 0 Å². The molecule has 0 radical (unpaired) electrons. The van der Waals surface area contributed by atoms with Crippen LogP contribution in [0.2, 0.25) is 0 Å². The van der Waals surface area contributed by atoms with E-state index in [1.165, 1.54) is 6.42 Å². The third-order valence-corrected chi connectivity index (χ3v) is 2.44. The molecule has 3 atom stereocenters. The number of aliphatic hydroxyl groups excluding tert-OH is 1. The molecule has 1 saturated carbocycles. The van der Waals surface area contributed by atoms with E-state index in [2.05, 4.69) is 20.4 Å². The lowest BCUT2D eigenvalue weighted by molar-refractivity contribution is 0.136. The largest absolute Gasteiger partial charge is 0.389 e. The van der Waals surface area contributed by atoms with Gasteiger partial charge in [-0.3, -0.25) is 0 Å². The highest BCUT2D eigenvalue weighted by Gasteiger charge is 2.25. The zero-order valence-electron chi connectivity index (χ0n) is 6.80. The number of hydrogen-bond donors (Lipinski definition) is 1. The monoisotopic (exact) mass is 140 g/mol. The first kappa shape index (κ1) is 7.80. The van der Waals surface area contributed by atoms with Crippen LogP contribution < -0.4 is 0 Å². The van der Waals surface area contributed by atoms with Crippen molar-refractivity contribution in [2.45, 2.75) is 32.8 Å². The van der Waals surface area contributed by atoms with Gasteiger partial charge >= 0.3 is 0 Å². The second kappa shape index (κ2) is 2.75. The van der Waals surface area contributed by atoms with Crippen LogP contribution in [0.25, 0.3) is 0 Å². The molecule has 0 aromatic heterocycles. The molecule has 0 aromatic carbocycles. The molecule has 1 nitrogen and oxygen atoms in total. The summed E-state index contributed by atoms with van der Waals surface area (Å²) in [5.74, 6) is 1.18. The number of hydrogen-bond acceptors (Lipinski definition) is 1. The first-order valence-electron chi connectivity index (χ1n) is 3.98. The predicted octanol–water partition coefficient (Wildman–Crippen LogP) is 1.97. The quantitative estimate of drug-likeness (QED) is 0.510. The van der Waals surface area contributed by atoms with Gasteiger partial charge in [-0.05, 0) is 30.3 Å². The summed E-state index contributed by atoms with van der Waals surface area (Å²) in [5.41, 5.74) is 1.03. The van der Waals surface area contributed by atoms with Gasteiger partial charge in [-0.1, -0.05) is 20.4 Å². The molecule has 1 rings (SSSR count). The Morgan fingerprint density at radius 2 is 2.00 bits per heavy atom. The maximum absolute atomic E-state index is 9.42. The molecule has 1 fully saturated rings. The molecular weight excluding hydrogens is 124 g/mol. The van der Waals surface area contributed by atoms with Gasteiger partial charge in [0.05, 0.1) is 6.10 Å². The average molecular weight is 140 g/mol. The highest BCUT2D eigenvalue weighted by molar-refractivity contribution is 5.09. The standard InChI is InChI=1S/C9H16O/c1-6-4-7(2)8(3)9(10)5-6/h6-7,9-10H,3-5H2,1-2H3. The van der Waals surface area contributed by atoms with Gasteiger partial charge in [-0.25, -0.2) is 0 Å². The summed E-state index contributed by atoms with van der Waals surface area (Å²) in [6.45, 7) is 8.19. The third-order valence-electron chi connectivity index (χ3n) is 2.44. The second-order valence-electron chi connectivity index (χ2n) is 3.57. The van der Waals surface area contributed by atoms with Crippen molar-refractivity contribution in [3.05, 3.63) is 12.2 Å². The molecule has 58 valence electrons. The Labute approximate surface area is 62.8 Å². The van der Waals surface area contributed by atoms with Crippen LogP contribution in [0.3, 0.4) is 0 Å². The summed E-state index contributed by atoms with van der Waals surface area (Å²) in [6, 6.07) is 0. The number of rotatable bonds is 0. The topological polar surface area (TPSA) is 20.2 Å². The van der Waals surface area contributed by atoms with Crippen LogP contribution in [-0.4, -0.2) is 11.2 Å². The maximum atomic E-state index is 9.42. The Morgan fingerprint density at radius 1 is 1.40 bits per heavy atom. The SMILES string of the molecule is C=C1C(C)CC(C)CC1O. The minimum Gasteiger partial charge on any atom is -0.389 e. The molecule has 0 aromatic rings. The van der Waals surface area contributed by atoms with E-state index in [0.29, 0.717) is 11.8 Å². The van der Waals surface area contributed by atoms with Crippen LogP contribution in [0, 0.1) is 11.8 Å². The van der Waals surface area contributed by atoms with E-state index in [-0.39, 0.29) is 6.10 Å². The Kier molecular flexibility index (Phi) is 2.14. The molecule has 1 aliphatic carbocycles. The Morgan fingerprint density at radius 3 is 2.50 bits per heavy atom. The lowest BCUT2D eigenvalue weighted by Crippen LogP contribution is -2.25. The molecule has 3 unspecified atom stereocenters. The van der Waals surface area contributed by atoms with Crippen molar-refractivity contribution in [3.8, 4) is 0 Å². The molecular formula is C9H16O. The van der Waals surface area contributed by atoms with Crippen LogP contribution in [0.5, 0.6) is 0 Å². The molecule has 0 spiro atoms. The molecule has 1 aliphatic rings. The van der Waals surface area contributed by atoms with Crippen LogP contribution in [0.15, 0.2) is 12.2 Å². The first-order chi connectivity index (χ1) is 4.61. The fourth-order valence-electron chi connectivity index (χ4n) is 1.71. The summed E-state index contributed by atoms with van der Waals surface area (Å²) in [4.78, 5) is 0. The van der Waals surface area contributed by atoms with E-state index < -0.39 is 0 Å². The molecule has 0 heterocycles. The Balaban J connectivity index is 2.57. The number of aliphatic hydroxyl groups is 1. The van der Waals surface area contributed by atoms with Gasteiger partial charge in [0.25, 0.3) is 0 Å². The smallest absolute Gasteiger partial charge is 0.0752 e. The zero-order chi connectivity index (χ0) is 7.72. The molecule has 0 amide bonds. The lowest BCUT2D eigenvalue weighted by atomic mass is 9.79. The van der Waals surface area contributed by atoms with Crippen molar-refractivity contribution in [3.63, 3.8) is 0 Å². The zero-order valence-corrected chi connectivity index (χ0v) is 6.80. The van der Waals surface area contributed by atoms with Crippen molar-refractivity contribution < 1.29 is 5.11 Å². The van der Waals surface area contributed by atoms with Gasteiger partial charge in [0.2, 0.25) is 0 Å². The highest BCUT2D eigenvalue weighted by atomic mass is 16.3. The summed E-state index contributed by atoms with van der Waals surface area (Å²) >= 11 is 0. The van der Waals surface area contributed by atoms with Crippen LogP contribution in [-0.2, 0) is 0 Å². The summed E-state index contributed by atoms with van der Waals surface area (Å²) < 4.78 is 0. The molecule has 1 N–H and O–H groups in total. The van der Waals surface area contributed by atoms with E-state index in [1.807, 2.05) is 0 Å². The van der Waals surface area contributed by atoms with Crippen LogP contribution in [0.4, 0.5) is 0 Å². The van der Waals surface area contributed by atoms with E-state index in [1.54, 1.807) is 0 Å². The molecule has 0 bridgehead atoms. The van der Waals surface area contributed by atoms with Crippen molar-refractivity contribution >= 4 is 0 Å². The fourth-order valence-corrected chi connectivity index (χ4v) is 1.71. The van der Waals surface area contributed by atoms with Gasteiger partial charge in [0, 0.05) is 0 Å². The Hall–Kier alpha value is -0.300. The van der Waals surface area contributed by atoms with E-state index in [0.717, 1.165) is 12.0 Å². The van der Waals surface area contributed by atoms with Crippen molar-refractivity contribution in [2.75, 3.05) is 0 Å². The second-order valence-corrected chi connectivity index (χ2v) is 3.57. The summed E-state index contributed by atoms with van der Waals surface area (Å²) in [6.07, 6.45) is 1.86. The Bertz CT molecular complexity index is 126. The summed E-state index contributed by atoms with van der Waals surface area (Å²) in [7, 11) is 0. The van der Waals surface area contributed by atoms with E-state index >= 15 is 0 Å². The van der Waals surface area contributed by atoms with Gasteiger partial charge in [0.1, 0.15) is 0 Å².